The van der Waals surface area contributed by atoms with E-state index in [1.165, 1.54) is 19.2 Å². The molecule has 0 aliphatic carbocycles. The van der Waals surface area contributed by atoms with Crippen molar-refractivity contribution >= 4 is 38.9 Å². The number of carbonyl (C=O) groups is 2. The monoisotopic (exact) mass is 354 g/mol. The van der Waals surface area contributed by atoms with E-state index in [-0.39, 0.29) is 9.77 Å². The molecule has 0 saturated carbocycles. The zero-order valence-corrected chi connectivity index (χ0v) is 13.7. The number of nitrogens with one attached hydrogen (secondary N) is 2. The number of hydrogen-bond acceptors (Lipinski definition) is 6. The summed E-state index contributed by atoms with van der Waals surface area (Å²) in [6, 6.07) is 9.20. The van der Waals surface area contributed by atoms with Crippen LogP contribution in [0.4, 0.5) is 5.69 Å². The third-order valence-corrected chi connectivity index (χ3v) is 5.55. The van der Waals surface area contributed by atoms with Crippen molar-refractivity contribution in [1.82, 2.24) is 4.72 Å². The largest absolute Gasteiger partial charge is 0.465 e. The van der Waals surface area contributed by atoms with Gasteiger partial charge in [-0.05, 0) is 29.6 Å². The highest BCUT2D eigenvalue weighted by atomic mass is 32.2. The molecule has 0 aliphatic rings. The lowest BCUT2D eigenvalue weighted by molar-refractivity contribution is -0.115. The highest BCUT2D eigenvalue weighted by Crippen LogP contribution is 2.15. The zero-order valence-electron chi connectivity index (χ0n) is 12.1. The van der Waals surface area contributed by atoms with Gasteiger partial charge in [0.15, 0.2) is 0 Å². The van der Waals surface area contributed by atoms with Crippen molar-refractivity contribution in [3.63, 3.8) is 0 Å². The number of anilines is 1. The van der Waals surface area contributed by atoms with Crippen LogP contribution in [0.15, 0.2) is 46.0 Å². The summed E-state index contributed by atoms with van der Waals surface area (Å²) in [5, 5.41) is 4.14. The first kappa shape index (κ1) is 17.1. The predicted molar refractivity (Wildman–Crippen MR) is 85.9 cm³/mol. The number of amides is 1. The van der Waals surface area contributed by atoms with Gasteiger partial charge in [-0.3, -0.25) is 4.79 Å². The summed E-state index contributed by atoms with van der Waals surface area (Å²) < 4.78 is 30.7. The number of ether oxygens (including phenoxy) is 1. The minimum Gasteiger partial charge on any atom is -0.465 e. The maximum atomic E-state index is 11.9. The van der Waals surface area contributed by atoms with Gasteiger partial charge in [0.05, 0.1) is 19.2 Å². The molecule has 0 bridgehead atoms. The number of carbonyl (C=O) groups excluding carboxylic acids is 2. The summed E-state index contributed by atoms with van der Waals surface area (Å²) in [6.07, 6.45) is 0. The highest BCUT2D eigenvalue weighted by Gasteiger charge is 2.16. The van der Waals surface area contributed by atoms with Gasteiger partial charge in [0.25, 0.3) is 10.0 Å². The van der Waals surface area contributed by atoms with Crippen LogP contribution in [-0.2, 0) is 19.6 Å². The number of thiophene rings is 1. The van der Waals surface area contributed by atoms with Gasteiger partial charge in [0.2, 0.25) is 5.91 Å². The molecule has 0 fully saturated rings. The Hall–Kier alpha value is -2.23. The van der Waals surface area contributed by atoms with Crippen molar-refractivity contribution in [2.75, 3.05) is 19.0 Å². The average Bonchev–Trinajstić information content (AvgIpc) is 3.08. The van der Waals surface area contributed by atoms with E-state index in [4.69, 9.17) is 0 Å². The van der Waals surface area contributed by atoms with Crippen molar-refractivity contribution in [1.29, 1.82) is 0 Å². The average molecular weight is 354 g/mol. The number of methoxy groups -OCH3 is 1. The molecule has 0 spiro atoms. The van der Waals surface area contributed by atoms with E-state index in [1.54, 1.807) is 29.6 Å². The van der Waals surface area contributed by atoms with Gasteiger partial charge < -0.3 is 10.1 Å². The number of benzene rings is 1. The van der Waals surface area contributed by atoms with Crippen LogP contribution in [0.1, 0.15) is 10.4 Å². The fraction of sp³-hybridized carbons (Fsp3) is 0.143. The molecule has 2 rings (SSSR count). The molecule has 0 atom stereocenters. The van der Waals surface area contributed by atoms with Crippen molar-refractivity contribution < 1.29 is 22.7 Å². The summed E-state index contributed by atoms with van der Waals surface area (Å²) >= 11 is 1.06. The molecule has 0 unspecified atom stereocenters. The topological polar surface area (TPSA) is 102 Å². The minimum absolute atomic E-state index is 0.137. The molecule has 0 saturated heterocycles. The molecule has 2 aromatic rings. The van der Waals surface area contributed by atoms with Crippen molar-refractivity contribution in [3.05, 3.63) is 47.3 Å². The molecule has 7 nitrogen and oxygen atoms in total. The van der Waals surface area contributed by atoms with Gasteiger partial charge in [-0.25, -0.2) is 17.9 Å². The highest BCUT2D eigenvalue weighted by molar-refractivity contribution is 7.91. The summed E-state index contributed by atoms with van der Waals surface area (Å²) in [6.45, 7) is -0.414. The van der Waals surface area contributed by atoms with Crippen molar-refractivity contribution in [3.8, 4) is 0 Å². The van der Waals surface area contributed by atoms with Crippen LogP contribution in [0.2, 0.25) is 0 Å². The third kappa shape index (κ3) is 4.62. The molecular weight excluding hydrogens is 340 g/mol. The van der Waals surface area contributed by atoms with Gasteiger partial charge in [-0.2, -0.15) is 0 Å². The van der Waals surface area contributed by atoms with Crippen LogP contribution in [-0.4, -0.2) is 33.9 Å². The number of sulfonamides is 1. The molecular formula is C14H14N2O5S2. The lowest BCUT2D eigenvalue weighted by Crippen LogP contribution is -2.32. The molecule has 0 radical (unpaired) electrons. The lowest BCUT2D eigenvalue weighted by atomic mass is 10.2. The van der Waals surface area contributed by atoms with Crippen LogP contribution in [0, 0.1) is 0 Å². The van der Waals surface area contributed by atoms with Gasteiger partial charge in [-0.1, -0.05) is 12.1 Å². The Morgan fingerprint density at radius 3 is 2.65 bits per heavy atom. The summed E-state index contributed by atoms with van der Waals surface area (Å²) in [5.74, 6) is -1.08. The molecule has 1 amide bonds. The third-order valence-electron chi connectivity index (χ3n) is 2.75. The molecule has 1 aromatic heterocycles. The minimum atomic E-state index is -3.70. The number of hydrogen-bond donors (Lipinski definition) is 2. The van der Waals surface area contributed by atoms with Crippen LogP contribution >= 0.6 is 11.3 Å². The standard InChI is InChI=1S/C14H14N2O5S2/c1-21-14(18)10-4-2-5-11(8-10)16-12(17)9-15-23(19,20)13-6-3-7-22-13/h2-8,15H,9H2,1H3,(H,16,17). The van der Waals surface area contributed by atoms with Crippen LogP contribution in [0.25, 0.3) is 0 Å². The first-order valence-corrected chi connectivity index (χ1v) is 8.80. The van der Waals surface area contributed by atoms with E-state index in [9.17, 15) is 18.0 Å². The normalized spacial score (nSPS) is 11.0. The van der Waals surface area contributed by atoms with Gasteiger partial charge in [-0.15, -0.1) is 11.3 Å². The fourth-order valence-corrected chi connectivity index (χ4v) is 3.71. The Bertz CT molecular complexity index is 800. The summed E-state index contributed by atoms with van der Waals surface area (Å²) in [7, 11) is -2.44. The molecule has 0 aliphatic heterocycles. The van der Waals surface area contributed by atoms with E-state index in [2.05, 4.69) is 14.8 Å². The SMILES string of the molecule is COC(=O)c1cccc(NC(=O)CNS(=O)(=O)c2cccs2)c1. The van der Waals surface area contributed by atoms with Crippen LogP contribution in [0.5, 0.6) is 0 Å². The predicted octanol–water partition coefficient (Wildman–Crippen LogP) is 1.45. The second-order valence-electron chi connectivity index (χ2n) is 4.38. The second kappa shape index (κ2) is 7.36. The molecule has 122 valence electrons. The molecule has 1 heterocycles. The Morgan fingerprint density at radius 1 is 1.22 bits per heavy atom. The quantitative estimate of drug-likeness (QED) is 0.765. The molecule has 23 heavy (non-hydrogen) atoms. The Kier molecular flexibility index (Phi) is 5.48. The molecule has 9 heteroatoms. The van der Waals surface area contributed by atoms with Crippen LogP contribution < -0.4 is 10.0 Å². The van der Waals surface area contributed by atoms with Gasteiger partial charge >= 0.3 is 5.97 Å². The molecule has 1 aromatic carbocycles. The number of esters is 1. The van der Waals surface area contributed by atoms with Crippen molar-refractivity contribution in [2.45, 2.75) is 4.21 Å². The smallest absolute Gasteiger partial charge is 0.337 e. The van der Waals surface area contributed by atoms with E-state index >= 15 is 0 Å². The lowest BCUT2D eigenvalue weighted by Gasteiger charge is -2.08. The number of rotatable bonds is 6. The van der Waals surface area contributed by atoms with E-state index in [1.807, 2.05) is 0 Å². The van der Waals surface area contributed by atoms with Gasteiger partial charge in [0, 0.05) is 5.69 Å². The first-order chi connectivity index (χ1) is 10.9. The van der Waals surface area contributed by atoms with E-state index < -0.39 is 28.4 Å². The second-order valence-corrected chi connectivity index (χ2v) is 7.32. The summed E-state index contributed by atoms with van der Waals surface area (Å²) in [4.78, 5) is 23.2. The Morgan fingerprint density at radius 2 is 2.00 bits per heavy atom. The van der Waals surface area contributed by atoms with Gasteiger partial charge in [0.1, 0.15) is 4.21 Å². The first-order valence-electron chi connectivity index (χ1n) is 6.44. The zero-order chi connectivity index (χ0) is 16.9. The maximum Gasteiger partial charge on any atom is 0.337 e. The Balaban J connectivity index is 1.96. The van der Waals surface area contributed by atoms with E-state index in [0.717, 1.165) is 11.3 Å². The summed E-state index contributed by atoms with van der Waals surface area (Å²) in [5.41, 5.74) is 0.651. The Labute approximate surface area is 137 Å². The van der Waals surface area contributed by atoms with Crippen molar-refractivity contribution in [2.24, 2.45) is 0 Å². The maximum absolute atomic E-state index is 11.9. The van der Waals surface area contributed by atoms with Crippen LogP contribution in [0.3, 0.4) is 0 Å². The fourth-order valence-electron chi connectivity index (χ4n) is 1.70. The molecule has 2 N–H and O–H groups in total. The van der Waals surface area contributed by atoms with E-state index in [0.29, 0.717) is 5.69 Å².